The number of nitrogens with one attached hydrogen (secondary N) is 1. The fourth-order valence-corrected chi connectivity index (χ4v) is 1.58. The Bertz CT molecular complexity index is 591. The van der Waals surface area contributed by atoms with Crippen LogP contribution in [0.4, 0.5) is 0 Å². The molecule has 1 amide bonds. The molecule has 0 unspecified atom stereocenters. The molecule has 0 bridgehead atoms. The Morgan fingerprint density at radius 1 is 1.45 bits per heavy atom. The Hall–Kier alpha value is -2.83. The lowest BCUT2D eigenvalue weighted by Crippen LogP contribution is -2.26. The number of hydrogen-bond acceptors (Lipinski definition) is 5. The van der Waals surface area contributed by atoms with Crippen molar-refractivity contribution >= 4 is 11.7 Å². The van der Waals surface area contributed by atoms with Crippen molar-refractivity contribution in [2.75, 3.05) is 6.54 Å². The summed E-state index contributed by atoms with van der Waals surface area (Å²) in [6.45, 7) is 0.454. The summed E-state index contributed by atoms with van der Waals surface area (Å²) in [7, 11) is 0. The lowest BCUT2D eigenvalue weighted by atomic mass is 10.2. The molecule has 104 valence electrons. The molecule has 7 nitrogen and oxygen atoms in total. The maximum Gasteiger partial charge on any atom is 0.269 e. The van der Waals surface area contributed by atoms with Crippen LogP contribution in [0.25, 0.3) is 0 Å². The first-order valence-corrected chi connectivity index (χ1v) is 5.95. The standard InChI is InChI=1S/C13H14N4O3/c14-12(17-19)9-3-4-11(16-8-9)13(18)15-6-5-10-2-1-7-20-10/h1-4,7-8,19H,5-6H2,(H2,14,17)(H,15,18). The molecule has 2 heterocycles. The third-order valence-electron chi connectivity index (χ3n) is 2.64. The Morgan fingerprint density at radius 3 is 2.90 bits per heavy atom. The molecule has 0 aliphatic rings. The van der Waals surface area contributed by atoms with Crippen LogP contribution in [0.3, 0.4) is 0 Å². The van der Waals surface area contributed by atoms with Crippen molar-refractivity contribution in [1.29, 1.82) is 0 Å². The summed E-state index contributed by atoms with van der Waals surface area (Å²) in [6.07, 6.45) is 3.57. The summed E-state index contributed by atoms with van der Waals surface area (Å²) in [6, 6.07) is 6.71. The van der Waals surface area contributed by atoms with Crippen LogP contribution >= 0.6 is 0 Å². The van der Waals surface area contributed by atoms with Gasteiger partial charge in [0.05, 0.1) is 6.26 Å². The molecule has 2 aromatic heterocycles. The highest BCUT2D eigenvalue weighted by Crippen LogP contribution is 2.02. The summed E-state index contributed by atoms with van der Waals surface area (Å²) in [5.74, 6) is 0.463. The lowest BCUT2D eigenvalue weighted by molar-refractivity contribution is 0.0948. The Morgan fingerprint density at radius 2 is 2.30 bits per heavy atom. The minimum Gasteiger partial charge on any atom is -0.469 e. The number of nitrogens with zero attached hydrogens (tertiary/aromatic N) is 2. The predicted molar refractivity (Wildman–Crippen MR) is 71.5 cm³/mol. The maximum absolute atomic E-state index is 11.8. The van der Waals surface area contributed by atoms with Gasteiger partial charge in [0, 0.05) is 24.7 Å². The second-order valence-corrected chi connectivity index (χ2v) is 4.00. The molecule has 0 fully saturated rings. The summed E-state index contributed by atoms with van der Waals surface area (Å²) in [5, 5.41) is 14.1. The molecule has 0 radical (unpaired) electrons. The number of amides is 1. The topological polar surface area (TPSA) is 114 Å². The highest BCUT2D eigenvalue weighted by atomic mass is 16.4. The molecule has 2 aromatic rings. The third-order valence-corrected chi connectivity index (χ3v) is 2.64. The van der Waals surface area contributed by atoms with Gasteiger partial charge >= 0.3 is 0 Å². The molecule has 0 aromatic carbocycles. The first kappa shape index (κ1) is 13.6. The van der Waals surface area contributed by atoms with E-state index in [1.165, 1.54) is 12.3 Å². The van der Waals surface area contributed by atoms with Gasteiger partial charge in [0.1, 0.15) is 11.5 Å². The molecule has 0 saturated heterocycles. The summed E-state index contributed by atoms with van der Waals surface area (Å²) in [5.41, 5.74) is 6.11. The Labute approximate surface area is 115 Å². The average molecular weight is 274 g/mol. The van der Waals surface area contributed by atoms with Crippen molar-refractivity contribution in [2.24, 2.45) is 10.9 Å². The summed E-state index contributed by atoms with van der Waals surface area (Å²) in [4.78, 5) is 15.8. The summed E-state index contributed by atoms with van der Waals surface area (Å²) < 4.78 is 5.16. The zero-order valence-corrected chi connectivity index (χ0v) is 10.6. The number of rotatable bonds is 5. The number of amidine groups is 1. The minimum atomic E-state index is -0.289. The molecule has 7 heteroatoms. The van der Waals surface area contributed by atoms with Gasteiger partial charge in [0.25, 0.3) is 5.91 Å². The minimum absolute atomic E-state index is 0.0534. The van der Waals surface area contributed by atoms with E-state index in [1.54, 1.807) is 18.4 Å². The van der Waals surface area contributed by atoms with Gasteiger partial charge in [0.2, 0.25) is 0 Å². The second kappa shape index (κ2) is 6.37. The largest absolute Gasteiger partial charge is 0.469 e. The zero-order valence-electron chi connectivity index (χ0n) is 10.6. The van der Waals surface area contributed by atoms with Crippen molar-refractivity contribution < 1.29 is 14.4 Å². The van der Waals surface area contributed by atoms with Crippen molar-refractivity contribution in [1.82, 2.24) is 10.3 Å². The van der Waals surface area contributed by atoms with Crippen molar-refractivity contribution in [3.05, 3.63) is 53.7 Å². The highest BCUT2D eigenvalue weighted by molar-refractivity contribution is 5.98. The number of pyridine rings is 1. The van der Waals surface area contributed by atoms with Gasteiger partial charge in [0.15, 0.2) is 5.84 Å². The Kier molecular flexibility index (Phi) is 4.33. The van der Waals surface area contributed by atoms with E-state index in [1.807, 2.05) is 6.07 Å². The third kappa shape index (κ3) is 3.35. The number of carbonyl (C=O) groups excluding carboxylic acids is 1. The van der Waals surface area contributed by atoms with Crippen LogP contribution in [0.1, 0.15) is 21.8 Å². The zero-order chi connectivity index (χ0) is 14.4. The van der Waals surface area contributed by atoms with E-state index in [4.69, 9.17) is 15.4 Å². The predicted octanol–water partition coefficient (Wildman–Crippen LogP) is 0.742. The van der Waals surface area contributed by atoms with Gasteiger partial charge in [-0.05, 0) is 24.3 Å². The van der Waals surface area contributed by atoms with Gasteiger partial charge in [-0.25, -0.2) is 0 Å². The van der Waals surface area contributed by atoms with Crippen LogP contribution in [0.2, 0.25) is 0 Å². The van der Waals surface area contributed by atoms with Gasteiger partial charge in [-0.2, -0.15) is 0 Å². The van der Waals surface area contributed by atoms with Gasteiger partial charge in [-0.3, -0.25) is 9.78 Å². The fraction of sp³-hybridized carbons (Fsp3) is 0.154. The smallest absolute Gasteiger partial charge is 0.269 e. The fourth-order valence-electron chi connectivity index (χ4n) is 1.58. The number of nitrogens with two attached hydrogens (primary N) is 1. The SMILES string of the molecule is NC(=NO)c1ccc(C(=O)NCCc2ccco2)nc1. The van der Waals surface area contributed by atoms with E-state index in [2.05, 4.69) is 15.5 Å². The molecule has 0 spiro atoms. The number of carbonyl (C=O) groups is 1. The van der Waals surface area contributed by atoms with Crippen LogP contribution in [0.15, 0.2) is 46.3 Å². The van der Waals surface area contributed by atoms with Gasteiger partial charge in [-0.1, -0.05) is 5.16 Å². The first-order chi connectivity index (χ1) is 9.70. The molecule has 0 aliphatic carbocycles. The molecule has 20 heavy (non-hydrogen) atoms. The van der Waals surface area contributed by atoms with E-state index < -0.39 is 0 Å². The van der Waals surface area contributed by atoms with E-state index in [0.717, 1.165) is 5.76 Å². The maximum atomic E-state index is 11.8. The van der Waals surface area contributed by atoms with Crippen LogP contribution in [0, 0.1) is 0 Å². The normalized spacial score (nSPS) is 11.3. The highest BCUT2D eigenvalue weighted by Gasteiger charge is 2.08. The van der Waals surface area contributed by atoms with Gasteiger partial charge in [-0.15, -0.1) is 0 Å². The number of hydrogen-bond donors (Lipinski definition) is 3. The van der Waals surface area contributed by atoms with E-state index in [-0.39, 0.29) is 17.4 Å². The molecular weight excluding hydrogens is 260 g/mol. The van der Waals surface area contributed by atoms with Crippen molar-refractivity contribution in [3.63, 3.8) is 0 Å². The molecule has 0 aliphatic heterocycles. The van der Waals surface area contributed by atoms with Crippen LogP contribution in [-0.4, -0.2) is 28.5 Å². The quantitative estimate of drug-likeness (QED) is 0.322. The number of furan rings is 1. The monoisotopic (exact) mass is 274 g/mol. The number of oxime groups is 1. The molecule has 0 saturated carbocycles. The first-order valence-electron chi connectivity index (χ1n) is 5.95. The van der Waals surface area contributed by atoms with Gasteiger partial charge < -0.3 is 20.7 Å². The van der Waals surface area contributed by atoms with Crippen LogP contribution in [-0.2, 0) is 6.42 Å². The van der Waals surface area contributed by atoms with E-state index in [9.17, 15) is 4.79 Å². The van der Waals surface area contributed by atoms with E-state index >= 15 is 0 Å². The van der Waals surface area contributed by atoms with Crippen molar-refractivity contribution in [3.8, 4) is 0 Å². The molecule has 2 rings (SSSR count). The molecular formula is C13H14N4O3. The Balaban J connectivity index is 1.89. The lowest BCUT2D eigenvalue weighted by Gasteiger charge is -2.04. The average Bonchev–Trinajstić information content (AvgIpc) is 2.99. The van der Waals surface area contributed by atoms with E-state index in [0.29, 0.717) is 18.5 Å². The number of aromatic nitrogens is 1. The summed E-state index contributed by atoms with van der Waals surface area (Å²) >= 11 is 0. The second-order valence-electron chi connectivity index (χ2n) is 4.00. The molecule has 0 atom stereocenters. The molecule has 4 N–H and O–H groups in total. The van der Waals surface area contributed by atoms with Crippen LogP contribution < -0.4 is 11.1 Å². The van der Waals surface area contributed by atoms with Crippen molar-refractivity contribution in [2.45, 2.75) is 6.42 Å². The van der Waals surface area contributed by atoms with Crippen LogP contribution in [0.5, 0.6) is 0 Å².